The maximum absolute atomic E-state index is 13.0. The summed E-state index contributed by atoms with van der Waals surface area (Å²) < 4.78 is 0. The van der Waals surface area contributed by atoms with Crippen molar-refractivity contribution in [3.8, 4) is 0 Å². The van der Waals surface area contributed by atoms with Gasteiger partial charge < -0.3 is 5.32 Å². The molecule has 134 valence electrons. The smallest absolute Gasteiger partial charge is 0.235 e. The van der Waals surface area contributed by atoms with E-state index in [-0.39, 0.29) is 5.91 Å². The molecule has 0 aliphatic heterocycles. The summed E-state index contributed by atoms with van der Waals surface area (Å²) in [5.74, 6) is -0.256. The minimum atomic E-state index is -0.513. The molecule has 0 aliphatic rings. The normalized spacial score (nSPS) is 12.0. The molecule has 1 amide bonds. The second-order valence-corrected chi connectivity index (χ2v) is 6.43. The highest BCUT2D eigenvalue weighted by Crippen LogP contribution is 2.23. The number of nitrogens with zero attached hydrogens (tertiary/aromatic N) is 3. The lowest BCUT2D eigenvalue weighted by atomic mass is 9.96. The summed E-state index contributed by atoms with van der Waals surface area (Å²) in [6, 6.07) is 14.1. The maximum atomic E-state index is 13.0. The number of amides is 1. The van der Waals surface area contributed by atoms with Gasteiger partial charge in [0.2, 0.25) is 5.91 Å². The van der Waals surface area contributed by atoms with E-state index in [4.69, 9.17) is 0 Å². The third kappa shape index (κ3) is 3.96. The molecular formula is C20H23N5O. The number of carbonyl (C=O) groups excluding carboxylic acids is 1. The maximum Gasteiger partial charge on any atom is 0.235 e. The second-order valence-electron chi connectivity index (χ2n) is 6.43. The third-order valence-corrected chi connectivity index (χ3v) is 4.72. The zero-order chi connectivity index (χ0) is 18.5. The Balaban J connectivity index is 1.83. The van der Waals surface area contributed by atoms with E-state index in [0.717, 1.165) is 28.8 Å². The van der Waals surface area contributed by atoms with Crippen LogP contribution in [0.15, 0.2) is 42.5 Å². The van der Waals surface area contributed by atoms with E-state index in [2.05, 4.69) is 57.1 Å². The molecule has 3 rings (SSSR count). The van der Waals surface area contributed by atoms with Gasteiger partial charge >= 0.3 is 0 Å². The lowest BCUT2D eigenvalue weighted by Crippen LogP contribution is -2.24. The van der Waals surface area contributed by atoms with Gasteiger partial charge in [-0.2, -0.15) is 5.21 Å². The third-order valence-electron chi connectivity index (χ3n) is 4.72. The van der Waals surface area contributed by atoms with Crippen LogP contribution in [0.1, 0.15) is 40.9 Å². The second kappa shape index (κ2) is 7.91. The average molecular weight is 349 g/mol. The Hall–Kier alpha value is -3.02. The minimum absolute atomic E-state index is 0.139. The molecular weight excluding hydrogens is 326 g/mol. The molecule has 6 heteroatoms. The highest BCUT2D eigenvalue weighted by molar-refractivity contribution is 5.96. The van der Waals surface area contributed by atoms with Gasteiger partial charge in [-0.05, 0) is 55.0 Å². The number of hydrogen-bond donors (Lipinski definition) is 2. The number of nitrogens with one attached hydrogen (secondary N) is 2. The largest absolute Gasteiger partial charge is 0.325 e. The van der Waals surface area contributed by atoms with Crippen molar-refractivity contribution in [1.82, 2.24) is 20.6 Å². The summed E-state index contributed by atoms with van der Waals surface area (Å²) >= 11 is 0. The van der Waals surface area contributed by atoms with Gasteiger partial charge in [0, 0.05) is 5.69 Å². The molecule has 1 unspecified atom stereocenters. The Kier molecular flexibility index (Phi) is 5.41. The number of rotatable bonds is 6. The molecule has 0 spiro atoms. The van der Waals surface area contributed by atoms with Crippen LogP contribution >= 0.6 is 0 Å². The number of H-pyrrole nitrogens is 1. The van der Waals surface area contributed by atoms with Gasteiger partial charge in [-0.3, -0.25) is 4.79 Å². The number of aromatic amines is 1. The van der Waals surface area contributed by atoms with E-state index < -0.39 is 5.92 Å². The summed E-state index contributed by atoms with van der Waals surface area (Å²) in [5.41, 5.74) is 5.33. The number of aryl methyl sites for hydroxylation is 2. The fraction of sp³-hybridized carbons (Fsp3) is 0.300. The van der Waals surface area contributed by atoms with E-state index in [1.807, 2.05) is 32.0 Å². The molecule has 2 aromatic carbocycles. The lowest BCUT2D eigenvalue weighted by molar-refractivity contribution is -0.117. The quantitative estimate of drug-likeness (QED) is 0.715. The molecule has 1 atom stereocenters. The van der Waals surface area contributed by atoms with Crippen LogP contribution in [0.5, 0.6) is 0 Å². The minimum Gasteiger partial charge on any atom is -0.325 e. The van der Waals surface area contributed by atoms with Crippen LogP contribution in [-0.2, 0) is 17.6 Å². The lowest BCUT2D eigenvalue weighted by Gasteiger charge is -2.16. The molecule has 0 saturated heterocycles. The highest BCUT2D eigenvalue weighted by atomic mass is 16.1. The Labute approximate surface area is 153 Å². The average Bonchev–Trinajstić information content (AvgIpc) is 3.18. The summed E-state index contributed by atoms with van der Waals surface area (Å²) in [5, 5.41) is 17.2. The molecule has 6 nitrogen and oxygen atoms in total. The van der Waals surface area contributed by atoms with Crippen molar-refractivity contribution in [2.75, 3.05) is 5.32 Å². The molecule has 1 aromatic heterocycles. The van der Waals surface area contributed by atoms with Crippen LogP contribution < -0.4 is 5.32 Å². The van der Waals surface area contributed by atoms with Gasteiger partial charge in [-0.1, -0.05) is 48.5 Å². The standard InChI is InChI=1S/C20H23N5O/c1-4-15-8-10-16(11-9-15)12-17(19-22-24-25-23-19)20(26)21-18-7-5-6-13(2)14(18)3/h5-11,17H,4,12H2,1-3H3,(H,21,26)(H,22,23,24,25). The molecule has 0 bridgehead atoms. The Morgan fingerprint density at radius 3 is 2.50 bits per heavy atom. The molecule has 1 heterocycles. The van der Waals surface area contributed by atoms with Crippen LogP contribution in [0.4, 0.5) is 5.69 Å². The van der Waals surface area contributed by atoms with Gasteiger partial charge in [-0.25, -0.2) is 0 Å². The van der Waals surface area contributed by atoms with Crippen molar-refractivity contribution in [2.45, 2.75) is 39.5 Å². The summed E-state index contributed by atoms with van der Waals surface area (Å²) in [7, 11) is 0. The van der Waals surface area contributed by atoms with Crippen molar-refractivity contribution in [3.63, 3.8) is 0 Å². The summed E-state index contributed by atoms with van der Waals surface area (Å²) in [6.45, 7) is 6.14. The van der Waals surface area contributed by atoms with Crippen molar-refractivity contribution in [2.24, 2.45) is 0 Å². The van der Waals surface area contributed by atoms with Crippen LogP contribution in [0.25, 0.3) is 0 Å². The number of anilines is 1. The fourth-order valence-corrected chi connectivity index (χ4v) is 2.87. The Morgan fingerprint density at radius 1 is 1.12 bits per heavy atom. The predicted molar refractivity (Wildman–Crippen MR) is 101 cm³/mol. The highest BCUT2D eigenvalue weighted by Gasteiger charge is 2.26. The zero-order valence-corrected chi connectivity index (χ0v) is 15.3. The molecule has 26 heavy (non-hydrogen) atoms. The summed E-state index contributed by atoms with van der Waals surface area (Å²) in [6.07, 6.45) is 1.50. The van der Waals surface area contributed by atoms with Crippen LogP contribution in [0, 0.1) is 13.8 Å². The predicted octanol–water partition coefficient (Wildman–Crippen LogP) is 3.34. The fourth-order valence-electron chi connectivity index (χ4n) is 2.87. The van der Waals surface area contributed by atoms with Gasteiger partial charge in [0.25, 0.3) is 0 Å². The Morgan fingerprint density at radius 2 is 1.85 bits per heavy atom. The van der Waals surface area contributed by atoms with E-state index in [0.29, 0.717) is 12.2 Å². The van der Waals surface area contributed by atoms with Gasteiger partial charge in [0.15, 0.2) is 5.82 Å². The molecule has 0 fully saturated rings. The monoisotopic (exact) mass is 349 g/mol. The number of carbonyl (C=O) groups is 1. The van der Waals surface area contributed by atoms with E-state index >= 15 is 0 Å². The van der Waals surface area contributed by atoms with Gasteiger partial charge in [0.1, 0.15) is 5.92 Å². The molecule has 2 N–H and O–H groups in total. The van der Waals surface area contributed by atoms with E-state index in [9.17, 15) is 4.79 Å². The number of tetrazole rings is 1. The first-order chi connectivity index (χ1) is 12.6. The topological polar surface area (TPSA) is 83.6 Å². The van der Waals surface area contributed by atoms with Gasteiger partial charge in [-0.15, -0.1) is 10.2 Å². The first kappa shape index (κ1) is 17.8. The first-order valence-electron chi connectivity index (χ1n) is 8.76. The molecule has 0 saturated carbocycles. The SMILES string of the molecule is CCc1ccc(CC(C(=O)Nc2cccc(C)c2C)c2nn[nH]n2)cc1. The molecule has 0 aliphatic carbocycles. The molecule has 3 aromatic rings. The molecule has 0 radical (unpaired) electrons. The van der Waals surface area contributed by atoms with Crippen molar-refractivity contribution in [1.29, 1.82) is 0 Å². The Bertz CT molecular complexity index is 872. The zero-order valence-electron chi connectivity index (χ0n) is 15.3. The van der Waals surface area contributed by atoms with Crippen LogP contribution in [-0.4, -0.2) is 26.5 Å². The number of benzene rings is 2. The van der Waals surface area contributed by atoms with E-state index in [1.54, 1.807) is 0 Å². The summed E-state index contributed by atoms with van der Waals surface area (Å²) in [4.78, 5) is 13.0. The van der Waals surface area contributed by atoms with Crippen molar-refractivity contribution >= 4 is 11.6 Å². The van der Waals surface area contributed by atoms with Crippen molar-refractivity contribution < 1.29 is 4.79 Å². The van der Waals surface area contributed by atoms with Gasteiger partial charge in [0.05, 0.1) is 0 Å². The number of hydrogen-bond acceptors (Lipinski definition) is 4. The van der Waals surface area contributed by atoms with E-state index in [1.165, 1.54) is 5.56 Å². The first-order valence-corrected chi connectivity index (χ1v) is 8.76. The van der Waals surface area contributed by atoms with Crippen LogP contribution in [0.2, 0.25) is 0 Å². The van der Waals surface area contributed by atoms with Crippen LogP contribution in [0.3, 0.4) is 0 Å². The number of aromatic nitrogens is 4. The van der Waals surface area contributed by atoms with Crippen molar-refractivity contribution in [3.05, 3.63) is 70.5 Å².